The average molecular weight is 222 g/mol. The van der Waals surface area contributed by atoms with Crippen LogP contribution < -0.4 is 5.73 Å². The first-order chi connectivity index (χ1) is 7.16. The summed E-state index contributed by atoms with van der Waals surface area (Å²) in [4.78, 5) is 14.9. The van der Waals surface area contributed by atoms with Gasteiger partial charge in [-0.2, -0.15) is 0 Å². The SMILES string of the molecule is N[C@@H](Cc1nc2ccccc2s1)C(=O)O. The van der Waals surface area contributed by atoms with Crippen LogP contribution in [0.15, 0.2) is 24.3 Å². The predicted molar refractivity (Wildman–Crippen MR) is 58.9 cm³/mol. The van der Waals surface area contributed by atoms with E-state index >= 15 is 0 Å². The third-order valence-corrected chi connectivity index (χ3v) is 3.11. The van der Waals surface area contributed by atoms with Crippen LogP contribution in [0.1, 0.15) is 5.01 Å². The highest BCUT2D eigenvalue weighted by Crippen LogP contribution is 2.22. The molecule has 5 heteroatoms. The fourth-order valence-electron chi connectivity index (χ4n) is 1.28. The lowest BCUT2D eigenvalue weighted by Gasteiger charge is -2.01. The molecule has 0 spiro atoms. The Bertz CT molecular complexity index is 462. The Balaban J connectivity index is 2.26. The second-order valence-electron chi connectivity index (χ2n) is 3.22. The summed E-state index contributed by atoms with van der Waals surface area (Å²) in [6, 6.07) is 6.83. The molecule has 2 aromatic rings. The topological polar surface area (TPSA) is 76.2 Å². The number of para-hydroxylation sites is 1. The molecule has 0 saturated heterocycles. The van der Waals surface area contributed by atoms with Crippen molar-refractivity contribution >= 4 is 27.5 Å². The number of thiazole rings is 1. The number of rotatable bonds is 3. The highest BCUT2D eigenvalue weighted by atomic mass is 32.1. The number of hydrogen-bond acceptors (Lipinski definition) is 4. The van der Waals surface area contributed by atoms with Crippen molar-refractivity contribution in [3.63, 3.8) is 0 Å². The summed E-state index contributed by atoms with van der Waals surface area (Å²) in [5, 5.41) is 9.44. The fourth-order valence-corrected chi connectivity index (χ4v) is 2.31. The number of carboxylic acids is 1. The van der Waals surface area contributed by atoms with Crippen LogP contribution in [0.3, 0.4) is 0 Å². The number of benzene rings is 1. The Hall–Kier alpha value is -1.46. The quantitative estimate of drug-likeness (QED) is 0.819. The number of aliphatic carboxylic acids is 1. The summed E-state index contributed by atoms with van der Waals surface area (Å²) < 4.78 is 1.06. The van der Waals surface area contributed by atoms with Crippen LogP contribution in [0.5, 0.6) is 0 Å². The Labute approximate surface area is 90.4 Å². The number of aromatic nitrogens is 1. The lowest BCUT2D eigenvalue weighted by atomic mass is 10.2. The first kappa shape index (κ1) is 10.1. The molecule has 0 amide bonds. The third kappa shape index (κ3) is 2.14. The number of fused-ring (bicyclic) bond motifs is 1. The van der Waals surface area contributed by atoms with Gasteiger partial charge in [0, 0.05) is 6.42 Å². The molecular weight excluding hydrogens is 212 g/mol. The van der Waals surface area contributed by atoms with Gasteiger partial charge in [-0.3, -0.25) is 4.79 Å². The van der Waals surface area contributed by atoms with E-state index < -0.39 is 12.0 Å². The molecule has 1 aromatic heterocycles. The molecule has 3 N–H and O–H groups in total. The lowest BCUT2D eigenvalue weighted by Crippen LogP contribution is -2.32. The predicted octanol–water partition coefficient (Wildman–Crippen LogP) is 1.25. The van der Waals surface area contributed by atoms with Crippen molar-refractivity contribution in [2.24, 2.45) is 5.73 Å². The molecule has 0 radical (unpaired) electrons. The summed E-state index contributed by atoms with van der Waals surface area (Å²) in [5.41, 5.74) is 6.34. The van der Waals surface area contributed by atoms with Gasteiger partial charge in [0.05, 0.1) is 15.2 Å². The van der Waals surface area contributed by atoms with Crippen molar-refractivity contribution in [1.82, 2.24) is 4.98 Å². The fraction of sp³-hybridized carbons (Fsp3) is 0.200. The number of nitrogens with two attached hydrogens (primary N) is 1. The van der Waals surface area contributed by atoms with E-state index in [1.54, 1.807) is 0 Å². The van der Waals surface area contributed by atoms with Gasteiger partial charge in [-0.1, -0.05) is 12.1 Å². The minimum Gasteiger partial charge on any atom is -0.480 e. The van der Waals surface area contributed by atoms with Gasteiger partial charge in [0.25, 0.3) is 0 Å². The summed E-state index contributed by atoms with van der Waals surface area (Å²) >= 11 is 1.49. The van der Waals surface area contributed by atoms with Crippen molar-refractivity contribution in [3.8, 4) is 0 Å². The van der Waals surface area contributed by atoms with E-state index in [-0.39, 0.29) is 6.42 Å². The Kier molecular flexibility index (Phi) is 2.66. The van der Waals surface area contributed by atoms with Crippen LogP contribution in [0.2, 0.25) is 0 Å². The zero-order valence-electron chi connectivity index (χ0n) is 7.88. The second kappa shape index (κ2) is 3.96. The second-order valence-corrected chi connectivity index (χ2v) is 4.34. The molecule has 4 nitrogen and oxygen atoms in total. The summed E-state index contributed by atoms with van der Waals surface area (Å²) in [5.74, 6) is -0.991. The van der Waals surface area contributed by atoms with E-state index in [0.717, 1.165) is 15.2 Å². The summed E-state index contributed by atoms with van der Waals surface area (Å²) in [6.45, 7) is 0. The van der Waals surface area contributed by atoms with E-state index in [9.17, 15) is 4.79 Å². The number of hydrogen-bond donors (Lipinski definition) is 2. The highest BCUT2D eigenvalue weighted by Gasteiger charge is 2.14. The highest BCUT2D eigenvalue weighted by molar-refractivity contribution is 7.18. The normalized spacial score (nSPS) is 12.9. The van der Waals surface area contributed by atoms with Gasteiger partial charge in [-0.05, 0) is 12.1 Å². The van der Waals surface area contributed by atoms with E-state index in [2.05, 4.69) is 4.98 Å². The molecule has 1 atom stereocenters. The number of carboxylic acid groups (broad SMARTS) is 1. The van der Waals surface area contributed by atoms with Crippen LogP contribution in [0, 0.1) is 0 Å². The van der Waals surface area contributed by atoms with Gasteiger partial charge in [0.2, 0.25) is 0 Å². The molecule has 0 aliphatic rings. The van der Waals surface area contributed by atoms with Gasteiger partial charge >= 0.3 is 5.97 Å². The molecule has 0 aliphatic heterocycles. The molecule has 1 aromatic carbocycles. The Morgan fingerprint density at radius 2 is 2.27 bits per heavy atom. The molecule has 0 aliphatic carbocycles. The van der Waals surface area contributed by atoms with Crippen molar-refractivity contribution in [3.05, 3.63) is 29.3 Å². The summed E-state index contributed by atoms with van der Waals surface area (Å²) in [7, 11) is 0. The number of carbonyl (C=O) groups is 1. The van der Waals surface area contributed by atoms with E-state index in [4.69, 9.17) is 10.8 Å². The van der Waals surface area contributed by atoms with Crippen molar-refractivity contribution in [1.29, 1.82) is 0 Å². The minimum absolute atomic E-state index is 0.286. The van der Waals surface area contributed by atoms with Crippen molar-refractivity contribution in [2.75, 3.05) is 0 Å². The van der Waals surface area contributed by atoms with E-state index in [1.807, 2.05) is 24.3 Å². The van der Waals surface area contributed by atoms with Gasteiger partial charge < -0.3 is 10.8 Å². The largest absolute Gasteiger partial charge is 0.480 e. The molecule has 0 bridgehead atoms. The maximum Gasteiger partial charge on any atom is 0.320 e. The maximum atomic E-state index is 10.6. The molecule has 0 fully saturated rings. The molecule has 0 saturated carbocycles. The Morgan fingerprint density at radius 1 is 1.53 bits per heavy atom. The zero-order chi connectivity index (χ0) is 10.8. The van der Waals surface area contributed by atoms with Crippen molar-refractivity contribution in [2.45, 2.75) is 12.5 Å². The third-order valence-electron chi connectivity index (χ3n) is 2.05. The van der Waals surface area contributed by atoms with Gasteiger partial charge in [-0.15, -0.1) is 11.3 Å². The first-order valence-corrected chi connectivity index (χ1v) is 5.31. The monoisotopic (exact) mass is 222 g/mol. The molecule has 1 heterocycles. The van der Waals surface area contributed by atoms with E-state index in [1.165, 1.54) is 11.3 Å². The van der Waals surface area contributed by atoms with Gasteiger partial charge in [0.1, 0.15) is 6.04 Å². The van der Waals surface area contributed by atoms with Crippen LogP contribution >= 0.6 is 11.3 Å². The van der Waals surface area contributed by atoms with Gasteiger partial charge in [-0.25, -0.2) is 4.98 Å². The zero-order valence-corrected chi connectivity index (χ0v) is 8.70. The molecule has 15 heavy (non-hydrogen) atoms. The number of nitrogens with zero attached hydrogens (tertiary/aromatic N) is 1. The first-order valence-electron chi connectivity index (χ1n) is 4.49. The maximum absolute atomic E-state index is 10.6. The molecular formula is C10H10N2O2S. The molecule has 2 rings (SSSR count). The van der Waals surface area contributed by atoms with Crippen LogP contribution in [0.4, 0.5) is 0 Å². The standard InChI is InChI=1S/C10H10N2O2S/c11-6(10(13)14)5-9-12-7-3-1-2-4-8(7)15-9/h1-4,6H,5,11H2,(H,13,14)/t6-/m0/s1. The Morgan fingerprint density at radius 3 is 2.93 bits per heavy atom. The van der Waals surface area contributed by atoms with Crippen LogP contribution in [-0.2, 0) is 11.2 Å². The molecule has 0 unspecified atom stereocenters. The minimum atomic E-state index is -0.991. The van der Waals surface area contributed by atoms with E-state index in [0.29, 0.717) is 0 Å². The van der Waals surface area contributed by atoms with Crippen molar-refractivity contribution < 1.29 is 9.90 Å². The average Bonchev–Trinajstić information content (AvgIpc) is 2.59. The lowest BCUT2D eigenvalue weighted by molar-refractivity contribution is -0.138. The van der Waals surface area contributed by atoms with Crippen LogP contribution in [0.25, 0.3) is 10.2 Å². The van der Waals surface area contributed by atoms with Crippen LogP contribution in [-0.4, -0.2) is 22.1 Å². The molecule has 78 valence electrons. The summed E-state index contributed by atoms with van der Waals surface area (Å²) in [6.07, 6.45) is 0.286. The smallest absolute Gasteiger partial charge is 0.320 e. The van der Waals surface area contributed by atoms with Gasteiger partial charge in [0.15, 0.2) is 0 Å².